The number of benzene rings is 1. The van der Waals surface area contributed by atoms with Crippen LogP contribution >= 0.6 is 11.3 Å². The maximum atomic E-state index is 14.4. The van der Waals surface area contributed by atoms with Crippen LogP contribution in [0.25, 0.3) is 10.9 Å². The van der Waals surface area contributed by atoms with Gasteiger partial charge in [0, 0.05) is 23.0 Å². The fourth-order valence-electron chi connectivity index (χ4n) is 2.24. The van der Waals surface area contributed by atoms with Crippen LogP contribution in [0.4, 0.5) is 13.9 Å². The van der Waals surface area contributed by atoms with Gasteiger partial charge in [-0.25, -0.2) is 13.8 Å². The van der Waals surface area contributed by atoms with Crippen molar-refractivity contribution in [2.24, 2.45) is 5.10 Å². The van der Waals surface area contributed by atoms with Crippen molar-refractivity contribution in [2.45, 2.75) is 13.3 Å². The molecule has 2 aromatic heterocycles. The molecule has 0 amide bonds. The first kappa shape index (κ1) is 17.9. The predicted molar refractivity (Wildman–Crippen MR) is 95.3 cm³/mol. The van der Waals surface area contributed by atoms with Gasteiger partial charge in [0.25, 0.3) is 0 Å². The molecule has 0 aliphatic heterocycles. The quantitative estimate of drug-likeness (QED) is 0.405. The monoisotopic (exact) mass is 376 g/mol. The third-order valence-corrected chi connectivity index (χ3v) is 4.16. The van der Waals surface area contributed by atoms with Crippen LogP contribution in [0.3, 0.4) is 0 Å². The number of aromatic nitrogens is 2. The van der Waals surface area contributed by atoms with Crippen molar-refractivity contribution < 1.29 is 18.3 Å². The minimum atomic E-state index is -0.763. The highest BCUT2D eigenvalue weighted by molar-refractivity contribution is 7.13. The first-order valence-corrected chi connectivity index (χ1v) is 8.58. The van der Waals surface area contributed by atoms with E-state index in [1.807, 2.05) is 0 Å². The molecule has 0 saturated heterocycles. The van der Waals surface area contributed by atoms with E-state index in [-0.39, 0.29) is 28.9 Å². The van der Waals surface area contributed by atoms with E-state index in [1.54, 1.807) is 18.4 Å². The predicted octanol–water partition coefficient (Wildman–Crippen LogP) is 3.52. The highest BCUT2D eigenvalue weighted by Crippen LogP contribution is 2.21. The molecule has 0 aliphatic rings. The van der Waals surface area contributed by atoms with E-state index >= 15 is 0 Å². The lowest BCUT2D eigenvalue weighted by molar-refractivity contribution is -0.142. The molecule has 6 nitrogen and oxygen atoms in total. The SMILES string of the molecule is CCOC(=O)Cc1csc(NN=Cc2c(F)cc3ncccc3c2F)n1. The van der Waals surface area contributed by atoms with Crippen molar-refractivity contribution in [1.82, 2.24) is 9.97 Å². The first-order valence-electron chi connectivity index (χ1n) is 7.70. The Kier molecular flexibility index (Phi) is 5.47. The molecule has 9 heteroatoms. The van der Waals surface area contributed by atoms with Gasteiger partial charge in [0.05, 0.1) is 36.0 Å². The third-order valence-electron chi connectivity index (χ3n) is 3.37. The van der Waals surface area contributed by atoms with Gasteiger partial charge in [-0.1, -0.05) is 0 Å². The van der Waals surface area contributed by atoms with Gasteiger partial charge in [-0.2, -0.15) is 5.10 Å². The maximum absolute atomic E-state index is 14.4. The fourth-order valence-corrected chi connectivity index (χ4v) is 2.89. The third kappa shape index (κ3) is 3.99. The molecule has 26 heavy (non-hydrogen) atoms. The molecule has 1 N–H and O–H groups in total. The van der Waals surface area contributed by atoms with E-state index in [0.29, 0.717) is 17.4 Å². The molecule has 0 spiro atoms. The molecule has 0 unspecified atom stereocenters. The van der Waals surface area contributed by atoms with E-state index < -0.39 is 11.6 Å². The number of ether oxygens (including phenoxy) is 1. The lowest BCUT2D eigenvalue weighted by Gasteiger charge is -2.03. The van der Waals surface area contributed by atoms with Crippen molar-refractivity contribution in [3.8, 4) is 0 Å². The lowest BCUT2D eigenvalue weighted by atomic mass is 10.1. The van der Waals surface area contributed by atoms with Gasteiger partial charge in [-0.05, 0) is 19.1 Å². The van der Waals surface area contributed by atoms with Gasteiger partial charge >= 0.3 is 5.97 Å². The van der Waals surface area contributed by atoms with E-state index in [9.17, 15) is 13.6 Å². The average Bonchev–Trinajstić information content (AvgIpc) is 3.05. The number of halogens is 2. The van der Waals surface area contributed by atoms with Crippen LogP contribution in [0, 0.1) is 11.6 Å². The molecular weight excluding hydrogens is 362 g/mol. The van der Waals surface area contributed by atoms with Crippen LogP contribution in [0.5, 0.6) is 0 Å². The van der Waals surface area contributed by atoms with Crippen molar-refractivity contribution in [3.63, 3.8) is 0 Å². The van der Waals surface area contributed by atoms with Crippen molar-refractivity contribution in [1.29, 1.82) is 0 Å². The molecule has 0 saturated carbocycles. The number of pyridine rings is 1. The van der Waals surface area contributed by atoms with Gasteiger partial charge in [-0.15, -0.1) is 11.3 Å². The number of hydrazone groups is 1. The van der Waals surface area contributed by atoms with Crippen LogP contribution < -0.4 is 5.43 Å². The molecule has 0 aliphatic carbocycles. The van der Waals surface area contributed by atoms with Crippen LogP contribution in [0.1, 0.15) is 18.2 Å². The first-order chi connectivity index (χ1) is 12.6. The number of nitrogens with zero attached hydrogens (tertiary/aromatic N) is 3. The minimum absolute atomic E-state index is 0.0522. The second-order valence-corrected chi connectivity index (χ2v) is 6.01. The standard InChI is InChI=1S/C17H14F2N4O2S/c1-2-25-15(24)6-10-9-26-17(22-10)23-21-8-12-13(18)7-14-11(16(12)19)4-3-5-20-14/h3-5,7-9H,2,6H2,1H3,(H,22,23). The van der Waals surface area contributed by atoms with Crippen LogP contribution in [-0.2, 0) is 16.0 Å². The van der Waals surface area contributed by atoms with Gasteiger partial charge < -0.3 is 4.74 Å². The Morgan fingerprint density at radius 3 is 3.12 bits per heavy atom. The number of hydrogen-bond donors (Lipinski definition) is 1. The Hall–Kier alpha value is -2.94. The maximum Gasteiger partial charge on any atom is 0.311 e. The molecule has 0 fully saturated rings. The second-order valence-electron chi connectivity index (χ2n) is 5.15. The number of carbonyl (C=O) groups excluding carboxylic acids is 1. The molecule has 1 aromatic carbocycles. The zero-order valence-corrected chi connectivity index (χ0v) is 14.5. The van der Waals surface area contributed by atoms with Crippen LogP contribution in [0.15, 0.2) is 34.9 Å². The van der Waals surface area contributed by atoms with Gasteiger partial charge in [0.2, 0.25) is 5.13 Å². The Labute approximate surface area is 151 Å². The fraction of sp³-hybridized carbons (Fsp3) is 0.176. The average molecular weight is 376 g/mol. The van der Waals surface area contributed by atoms with Gasteiger partial charge in [0.1, 0.15) is 11.6 Å². The number of esters is 1. The van der Waals surface area contributed by atoms with Crippen molar-refractivity contribution in [3.05, 3.63) is 52.7 Å². The van der Waals surface area contributed by atoms with Crippen molar-refractivity contribution >= 4 is 39.6 Å². The number of nitrogens with one attached hydrogen (secondary N) is 1. The molecule has 0 radical (unpaired) electrons. The Morgan fingerprint density at radius 2 is 2.31 bits per heavy atom. The number of hydrogen-bond acceptors (Lipinski definition) is 7. The Morgan fingerprint density at radius 1 is 1.46 bits per heavy atom. The summed E-state index contributed by atoms with van der Waals surface area (Å²) in [6, 6.07) is 4.24. The molecule has 134 valence electrons. The summed E-state index contributed by atoms with van der Waals surface area (Å²) in [5, 5.41) is 6.11. The molecule has 3 aromatic rings. The highest BCUT2D eigenvalue weighted by atomic mass is 32.1. The number of fused-ring (bicyclic) bond motifs is 1. The summed E-state index contributed by atoms with van der Waals surface area (Å²) < 4.78 is 33.3. The van der Waals surface area contributed by atoms with Gasteiger partial charge in [0.15, 0.2) is 0 Å². The molecule has 0 bridgehead atoms. The minimum Gasteiger partial charge on any atom is -0.466 e. The molecule has 2 heterocycles. The van der Waals surface area contributed by atoms with E-state index in [0.717, 1.165) is 12.3 Å². The summed E-state index contributed by atoms with van der Waals surface area (Å²) in [7, 11) is 0. The summed E-state index contributed by atoms with van der Waals surface area (Å²) >= 11 is 1.21. The molecular formula is C17H14F2N4O2S. The zero-order valence-electron chi connectivity index (χ0n) is 13.7. The van der Waals surface area contributed by atoms with E-state index in [1.165, 1.54) is 23.6 Å². The molecule has 0 atom stereocenters. The molecule has 3 rings (SSSR count). The number of anilines is 1. The number of carbonyl (C=O) groups is 1. The number of thiazole rings is 1. The van der Waals surface area contributed by atoms with Crippen LogP contribution in [-0.4, -0.2) is 28.8 Å². The smallest absolute Gasteiger partial charge is 0.311 e. The lowest BCUT2D eigenvalue weighted by Crippen LogP contribution is -2.07. The summed E-state index contributed by atoms with van der Waals surface area (Å²) in [4.78, 5) is 19.5. The van der Waals surface area contributed by atoms with E-state index in [4.69, 9.17) is 4.74 Å². The summed E-state index contributed by atoms with van der Waals surface area (Å²) in [6.07, 6.45) is 2.56. The summed E-state index contributed by atoms with van der Waals surface area (Å²) in [5.41, 5.74) is 3.08. The van der Waals surface area contributed by atoms with Crippen LogP contribution in [0.2, 0.25) is 0 Å². The highest BCUT2D eigenvalue weighted by Gasteiger charge is 2.13. The van der Waals surface area contributed by atoms with Crippen molar-refractivity contribution in [2.75, 3.05) is 12.0 Å². The summed E-state index contributed by atoms with van der Waals surface area (Å²) in [6.45, 7) is 2.03. The van der Waals surface area contributed by atoms with E-state index in [2.05, 4.69) is 20.5 Å². The Balaban J connectivity index is 1.72. The second kappa shape index (κ2) is 7.96. The zero-order chi connectivity index (χ0) is 18.5. The Bertz CT molecular complexity index is 975. The topological polar surface area (TPSA) is 76.5 Å². The largest absolute Gasteiger partial charge is 0.466 e. The normalized spacial score (nSPS) is 11.2. The summed E-state index contributed by atoms with van der Waals surface area (Å²) in [5.74, 6) is -1.87. The van der Waals surface area contributed by atoms with Gasteiger partial charge in [-0.3, -0.25) is 15.2 Å². The number of rotatable bonds is 6.